The summed E-state index contributed by atoms with van der Waals surface area (Å²) < 4.78 is 22.1. The molecule has 1 aliphatic heterocycles. The number of carbonyl (C=O) groups excluding carboxylic acids is 1. The fourth-order valence-corrected chi connectivity index (χ4v) is 3.66. The molecule has 1 aromatic heterocycles. The van der Waals surface area contributed by atoms with Crippen LogP contribution in [0.2, 0.25) is 0 Å². The molecule has 1 aliphatic rings. The zero-order chi connectivity index (χ0) is 21.1. The van der Waals surface area contributed by atoms with Gasteiger partial charge in [0.1, 0.15) is 6.04 Å². The molecule has 1 saturated heterocycles. The highest BCUT2D eigenvalue weighted by Gasteiger charge is 2.36. The zero-order valence-corrected chi connectivity index (χ0v) is 17.1. The largest absolute Gasteiger partial charge is 0.493 e. The summed E-state index contributed by atoms with van der Waals surface area (Å²) in [6.45, 7) is 0.506. The number of ether oxygens (including phenoxy) is 3. The molecule has 2 aromatic carbocycles. The van der Waals surface area contributed by atoms with Gasteiger partial charge in [0.15, 0.2) is 11.5 Å². The first kappa shape index (κ1) is 19.8. The van der Waals surface area contributed by atoms with Crippen LogP contribution in [0.4, 0.5) is 0 Å². The maximum atomic E-state index is 12.5. The average molecular weight is 409 g/mol. The zero-order valence-electron chi connectivity index (χ0n) is 17.1. The Labute approximate surface area is 174 Å². The summed E-state index contributed by atoms with van der Waals surface area (Å²) in [6, 6.07) is 13.1. The minimum absolute atomic E-state index is 0.0800. The monoisotopic (exact) mass is 409 g/mol. The van der Waals surface area contributed by atoms with Crippen LogP contribution in [0.15, 0.2) is 46.9 Å². The fourth-order valence-electron chi connectivity index (χ4n) is 3.66. The van der Waals surface area contributed by atoms with Gasteiger partial charge in [-0.05, 0) is 24.1 Å². The van der Waals surface area contributed by atoms with Gasteiger partial charge in [-0.25, -0.2) is 0 Å². The Morgan fingerprint density at radius 1 is 1.03 bits per heavy atom. The summed E-state index contributed by atoms with van der Waals surface area (Å²) in [5, 5.41) is 8.43. The van der Waals surface area contributed by atoms with Crippen molar-refractivity contribution in [1.82, 2.24) is 15.1 Å². The normalized spacial score (nSPS) is 16.0. The van der Waals surface area contributed by atoms with E-state index in [1.165, 1.54) is 0 Å². The lowest BCUT2D eigenvalue weighted by molar-refractivity contribution is -0.129. The second kappa shape index (κ2) is 8.44. The number of amides is 1. The van der Waals surface area contributed by atoms with Crippen LogP contribution in [0.25, 0.3) is 11.5 Å². The SMILES string of the molecule is COc1cc(-c2nnc([C@@H]3CCC(=O)N3Cc3ccccc3)o2)cc(OC)c1OC. The maximum absolute atomic E-state index is 12.5. The number of benzene rings is 2. The van der Waals surface area contributed by atoms with Crippen LogP contribution in [0, 0.1) is 0 Å². The van der Waals surface area contributed by atoms with Gasteiger partial charge in [-0.15, -0.1) is 10.2 Å². The Morgan fingerprint density at radius 2 is 1.73 bits per heavy atom. The van der Waals surface area contributed by atoms with Crippen molar-refractivity contribution in [2.24, 2.45) is 0 Å². The Kier molecular flexibility index (Phi) is 5.56. The molecule has 0 bridgehead atoms. The van der Waals surface area contributed by atoms with E-state index in [1.54, 1.807) is 38.4 Å². The van der Waals surface area contributed by atoms with E-state index in [9.17, 15) is 4.79 Å². The number of likely N-dealkylation sites (tertiary alicyclic amines) is 1. The van der Waals surface area contributed by atoms with Crippen LogP contribution >= 0.6 is 0 Å². The van der Waals surface area contributed by atoms with Crippen molar-refractivity contribution < 1.29 is 23.4 Å². The summed E-state index contributed by atoms with van der Waals surface area (Å²) in [5.74, 6) is 2.29. The number of aromatic nitrogens is 2. The van der Waals surface area contributed by atoms with Crippen molar-refractivity contribution in [2.75, 3.05) is 21.3 Å². The van der Waals surface area contributed by atoms with Crippen molar-refractivity contribution in [3.63, 3.8) is 0 Å². The summed E-state index contributed by atoms with van der Waals surface area (Å²) >= 11 is 0. The van der Waals surface area contributed by atoms with E-state index in [1.807, 2.05) is 30.3 Å². The average Bonchev–Trinajstić information content (AvgIpc) is 3.40. The molecular weight excluding hydrogens is 386 g/mol. The number of rotatable bonds is 7. The maximum Gasteiger partial charge on any atom is 0.248 e. The van der Waals surface area contributed by atoms with Gasteiger partial charge in [0.2, 0.25) is 23.4 Å². The lowest BCUT2D eigenvalue weighted by Gasteiger charge is -2.22. The molecule has 8 heteroatoms. The fraction of sp³-hybridized carbons (Fsp3) is 0.318. The number of nitrogens with zero attached hydrogens (tertiary/aromatic N) is 3. The molecule has 0 N–H and O–H groups in total. The van der Waals surface area contributed by atoms with Gasteiger partial charge in [-0.3, -0.25) is 4.79 Å². The molecule has 0 radical (unpaired) electrons. The van der Waals surface area contributed by atoms with E-state index in [4.69, 9.17) is 18.6 Å². The van der Waals surface area contributed by atoms with Crippen molar-refractivity contribution in [1.29, 1.82) is 0 Å². The van der Waals surface area contributed by atoms with Gasteiger partial charge in [0.25, 0.3) is 0 Å². The number of carbonyl (C=O) groups is 1. The highest BCUT2D eigenvalue weighted by molar-refractivity contribution is 5.78. The molecule has 0 spiro atoms. The third-order valence-electron chi connectivity index (χ3n) is 5.16. The Bertz CT molecular complexity index is 1010. The third kappa shape index (κ3) is 3.68. The van der Waals surface area contributed by atoms with Crippen molar-refractivity contribution in [2.45, 2.75) is 25.4 Å². The Morgan fingerprint density at radius 3 is 2.37 bits per heavy atom. The van der Waals surface area contributed by atoms with E-state index >= 15 is 0 Å². The molecule has 156 valence electrons. The Hall–Kier alpha value is -3.55. The number of hydrogen-bond donors (Lipinski definition) is 0. The highest BCUT2D eigenvalue weighted by atomic mass is 16.5. The standard InChI is InChI=1S/C22H23N3O5/c1-27-17-11-15(12-18(28-2)20(17)29-3)21-23-24-22(30-21)16-9-10-19(26)25(16)13-14-7-5-4-6-8-14/h4-8,11-12,16H,9-10,13H2,1-3H3/t16-/m0/s1. The van der Waals surface area contributed by atoms with Gasteiger partial charge in [0, 0.05) is 18.5 Å². The highest BCUT2D eigenvalue weighted by Crippen LogP contribution is 2.41. The molecular formula is C22H23N3O5. The smallest absolute Gasteiger partial charge is 0.248 e. The predicted octanol–water partition coefficient (Wildman–Crippen LogP) is 3.63. The van der Waals surface area contributed by atoms with Crippen LogP contribution in [0.3, 0.4) is 0 Å². The molecule has 1 fully saturated rings. The van der Waals surface area contributed by atoms with Gasteiger partial charge in [0.05, 0.1) is 21.3 Å². The molecule has 30 heavy (non-hydrogen) atoms. The van der Waals surface area contributed by atoms with Crippen molar-refractivity contribution in [3.05, 3.63) is 53.9 Å². The van der Waals surface area contributed by atoms with Gasteiger partial charge in [-0.1, -0.05) is 30.3 Å². The van der Waals surface area contributed by atoms with Crippen LogP contribution in [0.5, 0.6) is 17.2 Å². The molecule has 0 unspecified atom stereocenters. The summed E-state index contributed by atoms with van der Waals surface area (Å²) in [5.41, 5.74) is 1.70. The number of methoxy groups -OCH3 is 3. The molecule has 8 nitrogen and oxygen atoms in total. The van der Waals surface area contributed by atoms with Gasteiger partial charge >= 0.3 is 0 Å². The molecule has 0 saturated carbocycles. The molecule has 1 amide bonds. The van der Waals surface area contributed by atoms with E-state index < -0.39 is 0 Å². The summed E-state index contributed by atoms with van der Waals surface area (Å²) in [7, 11) is 4.64. The van der Waals surface area contributed by atoms with Crippen molar-refractivity contribution >= 4 is 5.91 Å². The lowest BCUT2D eigenvalue weighted by atomic mass is 10.1. The number of hydrogen-bond acceptors (Lipinski definition) is 7. The van der Waals surface area contributed by atoms with E-state index in [2.05, 4.69) is 10.2 Å². The van der Waals surface area contributed by atoms with E-state index in [-0.39, 0.29) is 11.9 Å². The van der Waals surface area contributed by atoms with Crippen LogP contribution in [0.1, 0.15) is 30.3 Å². The first-order valence-electron chi connectivity index (χ1n) is 9.61. The molecule has 0 aliphatic carbocycles. The summed E-state index contributed by atoms with van der Waals surface area (Å²) in [6.07, 6.45) is 1.10. The van der Waals surface area contributed by atoms with E-state index in [0.717, 1.165) is 5.56 Å². The van der Waals surface area contributed by atoms with Crippen molar-refractivity contribution in [3.8, 4) is 28.7 Å². The third-order valence-corrected chi connectivity index (χ3v) is 5.16. The van der Waals surface area contributed by atoms with Crippen LogP contribution in [-0.4, -0.2) is 42.3 Å². The predicted molar refractivity (Wildman–Crippen MR) is 108 cm³/mol. The molecule has 3 aromatic rings. The second-order valence-corrected chi connectivity index (χ2v) is 6.92. The van der Waals surface area contributed by atoms with Crippen LogP contribution < -0.4 is 14.2 Å². The van der Waals surface area contributed by atoms with Gasteiger partial charge < -0.3 is 23.5 Å². The molecule has 1 atom stereocenters. The van der Waals surface area contributed by atoms with Crippen LogP contribution in [-0.2, 0) is 11.3 Å². The molecule has 4 rings (SSSR count). The quantitative estimate of drug-likeness (QED) is 0.589. The summed E-state index contributed by atoms with van der Waals surface area (Å²) in [4.78, 5) is 14.3. The minimum Gasteiger partial charge on any atom is -0.493 e. The van der Waals surface area contributed by atoms with E-state index in [0.29, 0.717) is 54.0 Å². The van der Waals surface area contributed by atoms with Gasteiger partial charge in [-0.2, -0.15) is 0 Å². The minimum atomic E-state index is -0.249. The topological polar surface area (TPSA) is 86.9 Å². The Balaban J connectivity index is 1.63. The first-order valence-corrected chi connectivity index (χ1v) is 9.61. The first-order chi connectivity index (χ1) is 14.6. The second-order valence-electron chi connectivity index (χ2n) is 6.92. The molecule has 2 heterocycles. The lowest BCUT2D eigenvalue weighted by Crippen LogP contribution is -2.27.